The van der Waals surface area contributed by atoms with E-state index < -0.39 is 0 Å². The fraction of sp³-hybridized carbons (Fsp3) is 1.00. The van der Waals surface area contributed by atoms with Crippen molar-refractivity contribution in [3.8, 4) is 0 Å². The Labute approximate surface area is 119 Å². The lowest BCUT2D eigenvalue weighted by atomic mass is 10.4. The van der Waals surface area contributed by atoms with Gasteiger partial charge in [-0.05, 0) is 30.6 Å². The molecular formula is C12H26S4. The molecule has 1 aliphatic heterocycles. The van der Waals surface area contributed by atoms with E-state index in [4.69, 9.17) is 0 Å². The quantitative estimate of drug-likeness (QED) is 0.663. The Bertz CT molecular complexity index is 127. The summed E-state index contributed by atoms with van der Waals surface area (Å²) >= 11 is 8.25. The second-order valence-corrected chi connectivity index (χ2v) is 9.87. The van der Waals surface area contributed by atoms with E-state index in [-0.39, 0.29) is 0 Å². The third kappa shape index (κ3) is 11.9. The van der Waals surface area contributed by atoms with Gasteiger partial charge in [-0.15, -0.1) is 23.5 Å². The molecule has 0 aromatic heterocycles. The van der Waals surface area contributed by atoms with Crippen LogP contribution in [0.4, 0.5) is 0 Å². The van der Waals surface area contributed by atoms with E-state index in [1.54, 1.807) is 0 Å². The number of rotatable bonds is 4. The predicted octanol–water partition coefficient (Wildman–Crippen LogP) is 5.08. The molecule has 98 valence electrons. The van der Waals surface area contributed by atoms with Crippen LogP contribution in [-0.4, -0.2) is 38.6 Å². The second-order valence-electron chi connectivity index (χ2n) is 3.56. The molecule has 0 amide bonds. The largest absolute Gasteiger partial charge is 0.161 e. The van der Waals surface area contributed by atoms with Gasteiger partial charge in [0.1, 0.15) is 0 Å². The highest BCUT2D eigenvalue weighted by molar-refractivity contribution is 8.16. The smallest absolute Gasteiger partial charge is 0.0474 e. The van der Waals surface area contributed by atoms with Crippen molar-refractivity contribution in [1.29, 1.82) is 0 Å². The lowest BCUT2D eigenvalue weighted by Gasteiger charge is -2.05. The van der Waals surface area contributed by atoms with Crippen LogP contribution in [0.15, 0.2) is 0 Å². The van der Waals surface area contributed by atoms with Crippen LogP contribution in [0.3, 0.4) is 0 Å². The maximum Gasteiger partial charge on any atom is 0.0474 e. The molecule has 0 bridgehead atoms. The molecule has 1 aliphatic rings. The second kappa shape index (κ2) is 12.8. The fourth-order valence-corrected chi connectivity index (χ4v) is 5.82. The van der Waals surface area contributed by atoms with Crippen molar-refractivity contribution in [2.24, 2.45) is 0 Å². The molecule has 4 heteroatoms. The normalized spacial score (nSPS) is 21.2. The molecule has 0 radical (unpaired) electrons. The molecule has 0 nitrogen and oxygen atoms in total. The molecular weight excluding hydrogens is 272 g/mol. The molecule has 0 N–H and O–H groups in total. The highest BCUT2D eigenvalue weighted by Crippen LogP contribution is 2.22. The van der Waals surface area contributed by atoms with Crippen LogP contribution in [0.1, 0.15) is 34.1 Å². The summed E-state index contributed by atoms with van der Waals surface area (Å²) in [6.45, 7) is 9.01. The number of hydrogen-bond acceptors (Lipinski definition) is 4. The third-order valence-corrected chi connectivity index (χ3v) is 7.04. The van der Waals surface area contributed by atoms with Crippen molar-refractivity contribution in [3.05, 3.63) is 0 Å². The van der Waals surface area contributed by atoms with E-state index in [0.717, 1.165) is 9.83 Å². The van der Waals surface area contributed by atoms with Gasteiger partial charge in [0.25, 0.3) is 0 Å². The molecule has 0 saturated carbocycles. The highest BCUT2D eigenvalue weighted by Gasteiger charge is 2.05. The maximum atomic E-state index is 2.33. The van der Waals surface area contributed by atoms with Gasteiger partial charge in [-0.3, -0.25) is 0 Å². The Morgan fingerprint density at radius 2 is 1.75 bits per heavy atom. The zero-order valence-electron chi connectivity index (χ0n) is 11.0. The highest BCUT2D eigenvalue weighted by atomic mass is 32.2. The van der Waals surface area contributed by atoms with Crippen LogP contribution in [0, 0.1) is 0 Å². The van der Waals surface area contributed by atoms with E-state index >= 15 is 0 Å². The van der Waals surface area contributed by atoms with E-state index in [1.807, 2.05) is 23.5 Å². The molecule has 0 aliphatic carbocycles. The summed E-state index contributed by atoms with van der Waals surface area (Å²) in [6, 6.07) is 0. The van der Waals surface area contributed by atoms with Gasteiger partial charge >= 0.3 is 0 Å². The Kier molecular flexibility index (Phi) is 14.0. The van der Waals surface area contributed by atoms with Gasteiger partial charge < -0.3 is 0 Å². The van der Waals surface area contributed by atoms with Crippen LogP contribution < -0.4 is 0 Å². The van der Waals surface area contributed by atoms with Crippen molar-refractivity contribution < 1.29 is 0 Å². The summed E-state index contributed by atoms with van der Waals surface area (Å²) in [4.78, 5) is 0. The minimum Gasteiger partial charge on any atom is -0.161 e. The SMILES string of the molecule is CC1CCSCCS1.CCSC(C)SCC. The topological polar surface area (TPSA) is 0 Å². The van der Waals surface area contributed by atoms with Crippen LogP contribution in [0.25, 0.3) is 0 Å². The van der Waals surface area contributed by atoms with E-state index in [1.165, 1.54) is 35.2 Å². The van der Waals surface area contributed by atoms with Crippen LogP contribution in [-0.2, 0) is 0 Å². The van der Waals surface area contributed by atoms with Crippen LogP contribution >= 0.6 is 47.0 Å². The molecule has 16 heavy (non-hydrogen) atoms. The van der Waals surface area contributed by atoms with Gasteiger partial charge in [-0.25, -0.2) is 0 Å². The molecule has 1 unspecified atom stereocenters. The summed E-state index contributed by atoms with van der Waals surface area (Å²) in [5.74, 6) is 6.61. The molecule has 1 rings (SSSR count). The molecule has 1 saturated heterocycles. The predicted molar refractivity (Wildman–Crippen MR) is 89.6 cm³/mol. The van der Waals surface area contributed by atoms with Gasteiger partial charge in [-0.2, -0.15) is 23.5 Å². The summed E-state index contributed by atoms with van der Waals surface area (Å²) < 4.78 is 0.796. The molecule has 1 fully saturated rings. The lowest BCUT2D eigenvalue weighted by molar-refractivity contribution is 0.922. The Morgan fingerprint density at radius 3 is 2.31 bits per heavy atom. The van der Waals surface area contributed by atoms with Crippen LogP contribution in [0.5, 0.6) is 0 Å². The number of hydrogen-bond donors (Lipinski definition) is 0. The number of thioether (sulfide) groups is 4. The standard InChI is InChI=1S/C6H12S2.C6H14S2/c1-6-2-3-7-4-5-8-6;1-4-7-6(3)8-5-2/h6H,2-5H2,1H3;6H,4-5H2,1-3H3. The average molecular weight is 299 g/mol. The minimum absolute atomic E-state index is 0.796. The van der Waals surface area contributed by atoms with Crippen molar-refractivity contribution >= 4 is 47.0 Å². The maximum absolute atomic E-state index is 2.33. The van der Waals surface area contributed by atoms with Gasteiger partial charge in [0, 0.05) is 21.3 Å². The summed E-state index contributed by atoms with van der Waals surface area (Å²) in [7, 11) is 0. The first-order valence-corrected chi connectivity index (χ1v) is 10.4. The zero-order chi connectivity index (χ0) is 12.2. The summed E-state index contributed by atoms with van der Waals surface area (Å²) in [5, 5.41) is 0.921. The van der Waals surface area contributed by atoms with Gasteiger partial charge in [-0.1, -0.05) is 20.8 Å². The van der Waals surface area contributed by atoms with Crippen molar-refractivity contribution in [3.63, 3.8) is 0 Å². The van der Waals surface area contributed by atoms with Crippen molar-refractivity contribution in [1.82, 2.24) is 0 Å². The Morgan fingerprint density at radius 1 is 1.12 bits per heavy atom. The van der Waals surface area contributed by atoms with E-state index in [0.29, 0.717) is 0 Å². The Hall–Kier alpha value is 1.40. The Balaban J connectivity index is 0.000000281. The van der Waals surface area contributed by atoms with Gasteiger partial charge in [0.2, 0.25) is 0 Å². The van der Waals surface area contributed by atoms with Crippen LogP contribution in [0.2, 0.25) is 0 Å². The first-order chi connectivity index (χ1) is 7.70. The summed E-state index contributed by atoms with van der Waals surface area (Å²) in [5.41, 5.74) is 0. The molecule has 1 heterocycles. The minimum atomic E-state index is 0.796. The van der Waals surface area contributed by atoms with Crippen molar-refractivity contribution in [2.45, 2.75) is 43.9 Å². The first-order valence-electron chi connectivity index (χ1n) is 6.13. The zero-order valence-corrected chi connectivity index (χ0v) is 14.3. The fourth-order valence-electron chi connectivity index (χ4n) is 1.26. The van der Waals surface area contributed by atoms with Gasteiger partial charge in [0.05, 0.1) is 0 Å². The molecule has 1 atom stereocenters. The lowest BCUT2D eigenvalue weighted by Crippen LogP contribution is -1.94. The summed E-state index contributed by atoms with van der Waals surface area (Å²) in [6.07, 6.45) is 1.41. The first kappa shape index (κ1) is 17.4. The average Bonchev–Trinajstić information content (AvgIpc) is 2.47. The third-order valence-electron chi connectivity index (χ3n) is 2.10. The van der Waals surface area contributed by atoms with Gasteiger partial charge in [0.15, 0.2) is 0 Å². The van der Waals surface area contributed by atoms with E-state index in [9.17, 15) is 0 Å². The molecule has 0 aromatic carbocycles. The van der Waals surface area contributed by atoms with Crippen molar-refractivity contribution in [2.75, 3.05) is 28.8 Å². The van der Waals surface area contributed by atoms with E-state index in [2.05, 4.69) is 51.2 Å². The molecule has 0 aromatic rings. The monoisotopic (exact) mass is 298 g/mol. The molecule has 0 spiro atoms.